The molecule has 3 aliphatic rings. The number of hydrogen-bond acceptors (Lipinski definition) is 8. The number of benzene rings is 1. The van der Waals surface area contributed by atoms with Gasteiger partial charge < -0.3 is 36.3 Å². The minimum Gasteiger partial charge on any atom is -0.402 e. The highest BCUT2D eigenvalue weighted by molar-refractivity contribution is 7.44. The minimum atomic E-state index is 0.0840. The Morgan fingerprint density at radius 2 is 1.84 bits per heavy atom. The Kier molecular flexibility index (Phi) is 15.5. The van der Waals surface area contributed by atoms with E-state index in [2.05, 4.69) is 90.2 Å². The molecule has 44 heavy (non-hydrogen) atoms. The Hall–Kier alpha value is -2.12. The number of likely N-dealkylation sites (N-methyl/N-ethyl adjacent to an activating group) is 1. The van der Waals surface area contributed by atoms with Crippen molar-refractivity contribution in [3.63, 3.8) is 0 Å². The van der Waals surface area contributed by atoms with Crippen LogP contribution in [0.5, 0.6) is 0 Å². The maximum absolute atomic E-state index is 10.1. The topological polar surface area (TPSA) is 88.9 Å². The highest BCUT2D eigenvalue weighted by Gasteiger charge is 2.30. The molecule has 0 aliphatic carbocycles. The number of piperidine rings is 1. The number of hydrogen-bond donors (Lipinski definition) is 4. The zero-order valence-electron chi connectivity index (χ0n) is 28.6. The predicted molar refractivity (Wildman–Crippen MR) is 192 cm³/mol. The van der Waals surface area contributed by atoms with Gasteiger partial charge in [0.1, 0.15) is 12.5 Å². The lowest BCUT2D eigenvalue weighted by Crippen LogP contribution is -2.52. The van der Waals surface area contributed by atoms with Gasteiger partial charge in [0.15, 0.2) is 0 Å². The summed E-state index contributed by atoms with van der Waals surface area (Å²) in [6.07, 6.45) is 8.89. The molecule has 5 N–H and O–H groups in total. The van der Waals surface area contributed by atoms with E-state index >= 15 is 0 Å². The van der Waals surface area contributed by atoms with Crippen LogP contribution < -0.4 is 26.6 Å². The van der Waals surface area contributed by atoms with Gasteiger partial charge in [-0.1, -0.05) is 35.4 Å². The van der Waals surface area contributed by atoms with Crippen LogP contribution in [0.3, 0.4) is 0 Å². The Balaban J connectivity index is 0.000000411. The number of aldehydes is 1. The van der Waals surface area contributed by atoms with Gasteiger partial charge in [0.05, 0.1) is 5.66 Å². The van der Waals surface area contributed by atoms with Crippen LogP contribution in [0.25, 0.3) is 0 Å². The number of nitrogens with two attached hydrogens (primary N) is 1. The average Bonchev–Trinajstić information content (AvgIpc) is 3.01. The van der Waals surface area contributed by atoms with Crippen LogP contribution in [0.15, 0.2) is 41.5 Å². The van der Waals surface area contributed by atoms with Crippen LogP contribution in [-0.2, 0) is 4.79 Å². The summed E-state index contributed by atoms with van der Waals surface area (Å²) < 4.78 is 0. The number of nitrogens with one attached hydrogen (secondary N) is 3. The van der Waals surface area contributed by atoms with Gasteiger partial charge >= 0.3 is 0 Å². The van der Waals surface area contributed by atoms with Gasteiger partial charge in [0, 0.05) is 74.5 Å². The first-order valence-corrected chi connectivity index (χ1v) is 18.1. The van der Waals surface area contributed by atoms with Crippen molar-refractivity contribution in [3.05, 3.63) is 47.0 Å². The highest BCUT2D eigenvalue weighted by atomic mass is 31.1. The van der Waals surface area contributed by atoms with Gasteiger partial charge in [-0.25, -0.2) is 0 Å². The Morgan fingerprint density at radius 1 is 1.14 bits per heavy atom. The largest absolute Gasteiger partial charge is 0.402 e. The van der Waals surface area contributed by atoms with Crippen molar-refractivity contribution in [1.29, 1.82) is 0 Å². The summed E-state index contributed by atoms with van der Waals surface area (Å²) in [6.45, 7) is 21.1. The SMILES string of the molecule is C=C(N)C1PC(CC)=C(C)NC1Nc1ccc(N2CCC(N3CCN(C)CC3)CC2)c(C)c1.CCCC(CCC=O)CNC. The molecule has 2 fully saturated rings. The van der Waals surface area contributed by atoms with Crippen LogP contribution in [0, 0.1) is 12.8 Å². The smallest absolute Gasteiger partial charge is 0.120 e. The van der Waals surface area contributed by atoms with Gasteiger partial charge in [-0.2, -0.15) is 0 Å². The molecule has 3 heterocycles. The van der Waals surface area contributed by atoms with Gasteiger partial charge in [-0.3, -0.25) is 4.90 Å². The molecule has 4 rings (SSSR count). The van der Waals surface area contributed by atoms with E-state index in [0.29, 0.717) is 20.9 Å². The molecule has 0 bridgehead atoms. The second-order valence-electron chi connectivity index (χ2n) is 12.9. The zero-order valence-corrected chi connectivity index (χ0v) is 29.6. The Labute approximate surface area is 270 Å². The number of piperazine rings is 1. The van der Waals surface area contributed by atoms with E-state index in [1.165, 1.54) is 74.1 Å². The first-order chi connectivity index (χ1) is 21.2. The monoisotopic (exact) mass is 627 g/mol. The van der Waals surface area contributed by atoms with E-state index in [1.807, 2.05) is 7.05 Å². The van der Waals surface area contributed by atoms with Gasteiger partial charge in [-0.05, 0) is 102 Å². The minimum absolute atomic E-state index is 0.0840. The standard InChI is InChI=1S/C26H43N6P.C9H19NO/c1-6-24-20(4)28-26(25(33-24)19(3)27)29-21-7-8-23(18(2)17-21)32-11-9-22(10-12-32)31-15-13-30(5)14-16-31;1-3-5-9(8-10-2)6-4-7-11/h7-8,17,22,25-26,28-29,33H,3,6,9-16,27H2,1-2,4-5H3;7,9-10H,3-6,8H2,1-2H3. The summed E-state index contributed by atoms with van der Waals surface area (Å²) in [5.41, 5.74) is 12.3. The Bertz CT molecular complexity index is 1060. The molecular formula is C35H62N7OP. The van der Waals surface area contributed by atoms with Crippen molar-refractivity contribution in [2.24, 2.45) is 11.7 Å². The van der Waals surface area contributed by atoms with Crippen LogP contribution in [0.2, 0.25) is 0 Å². The molecule has 0 saturated carbocycles. The number of rotatable bonds is 13. The van der Waals surface area contributed by atoms with Gasteiger partial charge in [0.25, 0.3) is 0 Å². The lowest BCUT2D eigenvalue weighted by Gasteiger charge is -2.43. The molecule has 248 valence electrons. The third kappa shape index (κ3) is 10.8. The highest BCUT2D eigenvalue weighted by Crippen LogP contribution is 2.41. The molecule has 1 aromatic carbocycles. The maximum Gasteiger partial charge on any atom is 0.120 e. The molecule has 0 radical (unpaired) electrons. The second-order valence-corrected chi connectivity index (χ2v) is 14.4. The number of anilines is 2. The van der Waals surface area contributed by atoms with Crippen molar-refractivity contribution >= 4 is 26.2 Å². The van der Waals surface area contributed by atoms with E-state index < -0.39 is 0 Å². The van der Waals surface area contributed by atoms with E-state index in [0.717, 1.165) is 56.2 Å². The zero-order chi connectivity index (χ0) is 32.1. The summed E-state index contributed by atoms with van der Waals surface area (Å²) in [6, 6.07) is 7.56. The molecule has 3 aliphatic heterocycles. The first-order valence-electron chi connectivity index (χ1n) is 17.0. The Morgan fingerprint density at radius 3 is 2.41 bits per heavy atom. The van der Waals surface area contributed by atoms with Crippen LogP contribution in [-0.4, -0.2) is 93.9 Å². The van der Waals surface area contributed by atoms with Crippen LogP contribution in [0.1, 0.15) is 71.3 Å². The normalized spacial score (nSPS) is 23.1. The first kappa shape index (κ1) is 36.3. The molecule has 8 nitrogen and oxygen atoms in total. The third-order valence-corrected chi connectivity index (χ3v) is 11.6. The summed E-state index contributed by atoms with van der Waals surface area (Å²) >= 11 is 0. The molecule has 0 aromatic heterocycles. The van der Waals surface area contributed by atoms with E-state index in [9.17, 15) is 4.79 Å². The summed E-state index contributed by atoms with van der Waals surface area (Å²) in [5, 5.41) is 12.0. The van der Waals surface area contributed by atoms with Crippen molar-refractivity contribution in [2.45, 2.75) is 90.5 Å². The lowest BCUT2D eigenvalue weighted by molar-refractivity contribution is -0.108. The number of carbonyl (C=O) groups excluding carboxylic acids is 1. The molecule has 4 unspecified atom stereocenters. The summed E-state index contributed by atoms with van der Waals surface area (Å²) in [5.74, 6) is 0.690. The fraction of sp³-hybridized carbons (Fsp3) is 0.686. The molecular weight excluding hydrogens is 565 g/mol. The quantitative estimate of drug-likeness (QED) is 0.173. The average molecular weight is 628 g/mol. The molecule has 4 atom stereocenters. The summed E-state index contributed by atoms with van der Waals surface area (Å²) in [4.78, 5) is 17.8. The summed E-state index contributed by atoms with van der Waals surface area (Å²) in [7, 11) is 4.88. The van der Waals surface area contributed by atoms with Crippen molar-refractivity contribution in [1.82, 2.24) is 20.4 Å². The van der Waals surface area contributed by atoms with Crippen LogP contribution in [0.4, 0.5) is 11.4 Å². The van der Waals surface area contributed by atoms with E-state index in [-0.39, 0.29) is 11.8 Å². The number of carbonyl (C=O) groups is 1. The number of nitrogens with zero attached hydrogens (tertiary/aromatic N) is 3. The molecule has 0 spiro atoms. The number of aryl methyl sites for hydroxylation is 1. The lowest BCUT2D eigenvalue weighted by atomic mass is 9.98. The second kappa shape index (κ2) is 18.8. The van der Waals surface area contributed by atoms with Gasteiger partial charge in [-0.15, -0.1) is 0 Å². The fourth-order valence-corrected chi connectivity index (χ4v) is 8.25. The van der Waals surface area contributed by atoms with Crippen molar-refractivity contribution in [2.75, 3.05) is 70.1 Å². The number of allylic oxidation sites excluding steroid dienone is 2. The van der Waals surface area contributed by atoms with E-state index in [4.69, 9.17) is 5.73 Å². The van der Waals surface area contributed by atoms with Crippen molar-refractivity contribution in [3.8, 4) is 0 Å². The van der Waals surface area contributed by atoms with Crippen LogP contribution >= 0.6 is 8.58 Å². The maximum atomic E-state index is 10.1. The van der Waals surface area contributed by atoms with Gasteiger partial charge in [0.2, 0.25) is 0 Å². The molecule has 2 saturated heterocycles. The third-order valence-electron chi connectivity index (χ3n) is 9.50. The van der Waals surface area contributed by atoms with Crippen molar-refractivity contribution < 1.29 is 4.79 Å². The molecule has 9 heteroatoms. The molecule has 1 aromatic rings. The molecule has 0 amide bonds. The van der Waals surface area contributed by atoms with E-state index in [1.54, 1.807) is 0 Å². The predicted octanol–water partition coefficient (Wildman–Crippen LogP) is 5.31. The fourth-order valence-electron chi connectivity index (χ4n) is 6.86.